The van der Waals surface area contributed by atoms with Gasteiger partial charge in [-0.15, -0.1) is 0 Å². The zero-order valence-corrected chi connectivity index (χ0v) is 14.0. The Morgan fingerprint density at radius 2 is 1.56 bits per heavy atom. The molecule has 0 saturated carbocycles. The fourth-order valence-corrected chi connectivity index (χ4v) is 3.47. The van der Waals surface area contributed by atoms with Gasteiger partial charge in [0.2, 0.25) is 0 Å². The Bertz CT molecular complexity index is 825. The van der Waals surface area contributed by atoms with Gasteiger partial charge in [0.05, 0.1) is 18.8 Å². The highest BCUT2D eigenvalue weighted by Gasteiger charge is 2.31. The molecular weight excluding hydrogens is 316 g/mol. The van der Waals surface area contributed by atoms with Crippen LogP contribution in [0, 0.1) is 0 Å². The third-order valence-corrected chi connectivity index (χ3v) is 4.80. The van der Waals surface area contributed by atoms with Crippen LogP contribution in [-0.4, -0.2) is 55.9 Å². The van der Waals surface area contributed by atoms with Crippen LogP contribution in [0.25, 0.3) is 0 Å². The number of fused-ring (bicyclic) bond motifs is 2. The smallest absolute Gasteiger partial charge is 0.196 e. The summed E-state index contributed by atoms with van der Waals surface area (Å²) in [6.07, 6.45) is 0. The molecule has 25 heavy (non-hydrogen) atoms. The lowest BCUT2D eigenvalue weighted by Gasteiger charge is -2.27. The molecule has 1 heterocycles. The fourth-order valence-electron chi connectivity index (χ4n) is 3.47. The van der Waals surface area contributed by atoms with E-state index in [0.717, 1.165) is 45.1 Å². The number of nitrogens with zero attached hydrogens (tertiary/aromatic N) is 1. The molecule has 1 N–H and O–H groups in total. The summed E-state index contributed by atoms with van der Waals surface area (Å²) in [6, 6.07) is 12.5. The van der Waals surface area contributed by atoms with E-state index in [9.17, 15) is 9.59 Å². The van der Waals surface area contributed by atoms with E-state index in [4.69, 9.17) is 4.74 Å². The Kier molecular flexibility index (Phi) is 4.34. The van der Waals surface area contributed by atoms with Crippen molar-refractivity contribution in [3.05, 3.63) is 64.7 Å². The van der Waals surface area contributed by atoms with Gasteiger partial charge in [0.25, 0.3) is 0 Å². The number of ketones is 2. The minimum atomic E-state index is -0.0836. The maximum atomic E-state index is 12.9. The molecule has 0 unspecified atom stereocenters. The van der Waals surface area contributed by atoms with Crippen molar-refractivity contribution in [2.24, 2.45) is 0 Å². The summed E-state index contributed by atoms with van der Waals surface area (Å²) in [5, 5.41) is 3.35. The van der Waals surface area contributed by atoms with Crippen LogP contribution in [0.1, 0.15) is 31.8 Å². The highest BCUT2D eigenvalue weighted by atomic mass is 16.5. The number of benzene rings is 2. The third-order valence-electron chi connectivity index (χ3n) is 4.80. The van der Waals surface area contributed by atoms with E-state index < -0.39 is 0 Å². The number of anilines is 1. The molecule has 5 nitrogen and oxygen atoms in total. The van der Waals surface area contributed by atoms with E-state index >= 15 is 0 Å². The first-order chi connectivity index (χ1) is 12.3. The first-order valence-corrected chi connectivity index (χ1v) is 8.61. The number of carbonyl (C=O) groups excluding carboxylic acids is 2. The van der Waals surface area contributed by atoms with Crippen LogP contribution in [-0.2, 0) is 4.74 Å². The number of carbonyl (C=O) groups is 2. The van der Waals surface area contributed by atoms with E-state index in [1.165, 1.54) is 0 Å². The third kappa shape index (κ3) is 2.97. The van der Waals surface area contributed by atoms with Gasteiger partial charge in [0.1, 0.15) is 0 Å². The lowest BCUT2D eigenvalue weighted by molar-refractivity contribution is 0.0398. The van der Waals surface area contributed by atoms with Crippen molar-refractivity contribution in [2.45, 2.75) is 0 Å². The highest BCUT2D eigenvalue weighted by molar-refractivity contribution is 6.30. The summed E-state index contributed by atoms with van der Waals surface area (Å²) < 4.78 is 5.35. The van der Waals surface area contributed by atoms with Gasteiger partial charge in [-0.05, 0) is 6.07 Å². The Labute approximate surface area is 146 Å². The number of hydrogen-bond acceptors (Lipinski definition) is 5. The van der Waals surface area contributed by atoms with Crippen LogP contribution in [0.4, 0.5) is 5.69 Å². The normalized spacial score (nSPS) is 17.1. The van der Waals surface area contributed by atoms with Crippen molar-refractivity contribution in [1.29, 1.82) is 0 Å². The fraction of sp³-hybridized carbons (Fsp3) is 0.300. The number of hydrogen-bond donors (Lipinski definition) is 1. The number of ether oxygens (including phenoxy) is 1. The Balaban J connectivity index is 1.57. The van der Waals surface area contributed by atoms with Gasteiger partial charge in [0, 0.05) is 48.6 Å². The topological polar surface area (TPSA) is 58.6 Å². The Morgan fingerprint density at radius 3 is 2.32 bits per heavy atom. The Hall–Kier alpha value is -2.50. The first-order valence-electron chi connectivity index (χ1n) is 8.61. The van der Waals surface area contributed by atoms with Crippen LogP contribution in [0.3, 0.4) is 0 Å². The number of rotatable bonds is 4. The second-order valence-electron chi connectivity index (χ2n) is 6.31. The molecule has 0 aromatic heterocycles. The zero-order chi connectivity index (χ0) is 17.2. The van der Waals surface area contributed by atoms with E-state index in [1.807, 2.05) is 12.1 Å². The van der Waals surface area contributed by atoms with E-state index in [2.05, 4.69) is 10.2 Å². The quantitative estimate of drug-likeness (QED) is 0.792. The van der Waals surface area contributed by atoms with Gasteiger partial charge in [-0.3, -0.25) is 14.5 Å². The molecule has 4 rings (SSSR count). The minimum Gasteiger partial charge on any atom is -0.383 e. The molecule has 0 atom stereocenters. The van der Waals surface area contributed by atoms with Crippen LogP contribution >= 0.6 is 0 Å². The molecule has 1 saturated heterocycles. The molecule has 1 aliphatic heterocycles. The lowest BCUT2D eigenvalue weighted by Crippen LogP contribution is -2.39. The van der Waals surface area contributed by atoms with Crippen molar-refractivity contribution >= 4 is 17.3 Å². The van der Waals surface area contributed by atoms with Crippen LogP contribution < -0.4 is 5.32 Å². The van der Waals surface area contributed by atoms with E-state index in [1.54, 1.807) is 30.3 Å². The van der Waals surface area contributed by atoms with Crippen LogP contribution in [0.5, 0.6) is 0 Å². The van der Waals surface area contributed by atoms with Gasteiger partial charge < -0.3 is 10.1 Å². The molecular formula is C20H20N2O3. The van der Waals surface area contributed by atoms with Gasteiger partial charge in [-0.25, -0.2) is 0 Å². The minimum absolute atomic E-state index is 0.0815. The molecule has 1 aliphatic carbocycles. The average Bonchev–Trinajstić information content (AvgIpc) is 2.67. The van der Waals surface area contributed by atoms with Crippen molar-refractivity contribution in [2.75, 3.05) is 44.7 Å². The molecule has 0 amide bonds. The first kappa shape index (κ1) is 16.0. The van der Waals surface area contributed by atoms with Gasteiger partial charge >= 0.3 is 0 Å². The summed E-state index contributed by atoms with van der Waals surface area (Å²) in [6.45, 7) is 5.00. The summed E-state index contributed by atoms with van der Waals surface area (Å²) >= 11 is 0. The molecule has 2 aromatic carbocycles. The monoisotopic (exact) mass is 336 g/mol. The SMILES string of the molecule is O=C1c2ccccc2C(=O)c2c(NCCN3CCOCC3)cccc21. The summed E-state index contributed by atoms with van der Waals surface area (Å²) in [7, 11) is 0. The van der Waals surface area contributed by atoms with E-state index in [-0.39, 0.29) is 11.6 Å². The molecule has 2 aliphatic rings. The predicted molar refractivity (Wildman–Crippen MR) is 95.5 cm³/mol. The molecule has 1 fully saturated rings. The van der Waals surface area contributed by atoms with Crippen molar-refractivity contribution in [1.82, 2.24) is 4.90 Å². The second kappa shape index (κ2) is 6.78. The standard InChI is InChI=1S/C20H20N2O3/c23-19-14-4-1-2-5-15(14)20(24)18-16(19)6-3-7-17(18)21-8-9-22-10-12-25-13-11-22/h1-7,21H,8-13H2. The molecule has 0 radical (unpaired) electrons. The van der Waals surface area contributed by atoms with E-state index in [0.29, 0.717) is 22.3 Å². The van der Waals surface area contributed by atoms with Crippen LogP contribution in [0.2, 0.25) is 0 Å². The number of nitrogens with one attached hydrogen (secondary N) is 1. The number of morpholine rings is 1. The largest absolute Gasteiger partial charge is 0.383 e. The predicted octanol–water partition coefficient (Wildman–Crippen LogP) is 2.21. The summed E-state index contributed by atoms with van der Waals surface area (Å²) in [5.74, 6) is -0.165. The second-order valence-corrected chi connectivity index (χ2v) is 6.31. The molecule has 0 bridgehead atoms. The average molecular weight is 336 g/mol. The molecule has 5 heteroatoms. The van der Waals surface area contributed by atoms with Crippen LogP contribution in [0.15, 0.2) is 42.5 Å². The van der Waals surface area contributed by atoms with Gasteiger partial charge in [-0.2, -0.15) is 0 Å². The maximum Gasteiger partial charge on any atom is 0.196 e. The van der Waals surface area contributed by atoms with Crippen molar-refractivity contribution in [3.63, 3.8) is 0 Å². The zero-order valence-electron chi connectivity index (χ0n) is 14.0. The van der Waals surface area contributed by atoms with Crippen molar-refractivity contribution < 1.29 is 14.3 Å². The maximum absolute atomic E-state index is 12.9. The van der Waals surface area contributed by atoms with Gasteiger partial charge in [-0.1, -0.05) is 36.4 Å². The highest BCUT2D eigenvalue weighted by Crippen LogP contribution is 2.31. The molecule has 2 aromatic rings. The summed E-state index contributed by atoms with van der Waals surface area (Å²) in [5.41, 5.74) is 2.69. The molecule has 0 spiro atoms. The van der Waals surface area contributed by atoms with Gasteiger partial charge in [0.15, 0.2) is 11.6 Å². The lowest BCUT2D eigenvalue weighted by atomic mass is 9.83. The van der Waals surface area contributed by atoms with Crippen molar-refractivity contribution in [3.8, 4) is 0 Å². The molecule has 128 valence electrons. The summed E-state index contributed by atoms with van der Waals surface area (Å²) in [4.78, 5) is 28.0. The Morgan fingerprint density at radius 1 is 0.880 bits per heavy atom.